The lowest BCUT2D eigenvalue weighted by atomic mass is 9.64. The van der Waals surface area contributed by atoms with Crippen molar-refractivity contribution in [2.75, 3.05) is 13.2 Å². The zero-order valence-corrected chi connectivity index (χ0v) is 12.5. The number of hydrogen-bond acceptors (Lipinski definition) is 4. The van der Waals surface area contributed by atoms with Crippen LogP contribution in [0.1, 0.15) is 54.4 Å². The van der Waals surface area contributed by atoms with Gasteiger partial charge in [-0.25, -0.2) is 0 Å². The molecular formula is C14H26O4. The van der Waals surface area contributed by atoms with Crippen LogP contribution in [0.15, 0.2) is 0 Å². The summed E-state index contributed by atoms with van der Waals surface area (Å²) in [5.41, 5.74) is -0.655. The van der Waals surface area contributed by atoms with E-state index in [9.17, 15) is 9.59 Å². The zero-order valence-electron chi connectivity index (χ0n) is 12.5. The summed E-state index contributed by atoms with van der Waals surface area (Å²) >= 11 is 0. The van der Waals surface area contributed by atoms with Crippen molar-refractivity contribution >= 4 is 11.9 Å². The molecule has 0 spiro atoms. The lowest BCUT2D eigenvalue weighted by Gasteiger charge is -2.40. The van der Waals surface area contributed by atoms with Crippen LogP contribution in [0.4, 0.5) is 0 Å². The van der Waals surface area contributed by atoms with Gasteiger partial charge in [0, 0.05) is 0 Å². The van der Waals surface area contributed by atoms with Gasteiger partial charge in [0.2, 0.25) is 0 Å². The van der Waals surface area contributed by atoms with Crippen molar-refractivity contribution in [1.82, 2.24) is 0 Å². The Hall–Kier alpha value is -1.06. The molecule has 18 heavy (non-hydrogen) atoms. The fraction of sp³-hybridized carbons (Fsp3) is 0.857. The molecule has 0 aromatic heterocycles. The molecule has 0 amide bonds. The van der Waals surface area contributed by atoms with Gasteiger partial charge in [-0.2, -0.15) is 0 Å². The highest BCUT2D eigenvalue weighted by Crippen LogP contribution is 2.44. The van der Waals surface area contributed by atoms with Gasteiger partial charge in [-0.3, -0.25) is 9.59 Å². The van der Waals surface area contributed by atoms with Crippen molar-refractivity contribution in [3.05, 3.63) is 0 Å². The standard InChI is InChI=1S/C14H26O4/c1-7-17-11(15)9-14(6,13(3,4)5)10-12(16)18-8-2/h7-10H2,1-6H3. The molecule has 0 N–H and O–H groups in total. The molecule has 4 heteroatoms. The van der Waals surface area contributed by atoms with Crippen LogP contribution >= 0.6 is 0 Å². The average molecular weight is 258 g/mol. The Morgan fingerprint density at radius 3 is 1.39 bits per heavy atom. The normalized spacial score (nSPS) is 12.1. The van der Waals surface area contributed by atoms with Crippen LogP contribution in [0.5, 0.6) is 0 Å². The molecule has 0 aliphatic heterocycles. The molecule has 0 radical (unpaired) electrons. The van der Waals surface area contributed by atoms with E-state index in [0.717, 1.165) is 0 Å². The first kappa shape index (κ1) is 16.9. The molecule has 0 bridgehead atoms. The second kappa shape index (κ2) is 6.76. The number of rotatable bonds is 6. The highest BCUT2D eigenvalue weighted by molar-refractivity contribution is 5.74. The van der Waals surface area contributed by atoms with Gasteiger partial charge in [0.15, 0.2) is 0 Å². The van der Waals surface area contributed by atoms with Crippen molar-refractivity contribution < 1.29 is 19.1 Å². The van der Waals surface area contributed by atoms with E-state index >= 15 is 0 Å². The summed E-state index contributed by atoms with van der Waals surface area (Å²) in [7, 11) is 0. The number of carbonyl (C=O) groups is 2. The third-order valence-electron chi connectivity index (χ3n) is 3.49. The maximum atomic E-state index is 11.7. The van der Waals surface area contributed by atoms with E-state index in [1.807, 2.05) is 27.7 Å². The van der Waals surface area contributed by atoms with Crippen LogP contribution < -0.4 is 0 Å². The summed E-state index contributed by atoms with van der Waals surface area (Å²) in [4.78, 5) is 23.3. The van der Waals surface area contributed by atoms with Crippen molar-refractivity contribution in [1.29, 1.82) is 0 Å². The predicted molar refractivity (Wildman–Crippen MR) is 70.1 cm³/mol. The number of hydrogen-bond donors (Lipinski definition) is 0. The molecule has 0 atom stereocenters. The lowest BCUT2D eigenvalue weighted by molar-refractivity contribution is -0.153. The predicted octanol–water partition coefficient (Wildman–Crippen LogP) is 2.95. The Morgan fingerprint density at radius 2 is 1.17 bits per heavy atom. The molecule has 0 aliphatic carbocycles. The van der Waals surface area contributed by atoms with E-state index in [0.29, 0.717) is 13.2 Å². The maximum Gasteiger partial charge on any atom is 0.306 e. The van der Waals surface area contributed by atoms with Crippen LogP contribution in [0.2, 0.25) is 0 Å². The van der Waals surface area contributed by atoms with Gasteiger partial charge in [-0.15, -0.1) is 0 Å². The number of ether oxygens (including phenoxy) is 2. The van der Waals surface area contributed by atoms with Crippen molar-refractivity contribution in [2.24, 2.45) is 10.8 Å². The SMILES string of the molecule is CCOC(=O)CC(C)(CC(=O)OCC)C(C)(C)C. The molecule has 106 valence electrons. The minimum absolute atomic E-state index is 0.188. The summed E-state index contributed by atoms with van der Waals surface area (Å²) in [6, 6.07) is 0. The minimum atomic E-state index is -0.467. The van der Waals surface area contributed by atoms with E-state index < -0.39 is 5.41 Å². The monoisotopic (exact) mass is 258 g/mol. The van der Waals surface area contributed by atoms with E-state index in [2.05, 4.69) is 0 Å². The second-order valence-corrected chi connectivity index (χ2v) is 5.77. The Bertz CT molecular complexity index is 269. The fourth-order valence-electron chi connectivity index (χ4n) is 1.65. The summed E-state index contributed by atoms with van der Waals surface area (Å²) < 4.78 is 9.97. The van der Waals surface area contributed by atoms with Crippen molar-refractivity contribution in [3.8, 4) is 0 Å². The van der Waals surface area contributed by atoms with Crippen LogP contribution in [0.3, 0.4) is 0 Å². The Labute approximate surface area is 110 Å². The third-order valence-corrected chi connectivity index (χ3v) is 3.49. The zero-order chi connectivity index (χ0) is 14.4. The minimum Gasteiger partial charge on any atom is -0.466 e. The van der Waals surface area contributed by atoms with E-state index in [-0.39, 0.29) is 30.2 Å². The average Bonchev–Trinajstić information content (AvgIpc) is 2.15. The van der Waals surface area contributed by atoms with E-state index in [4.69, 9.17) is 9.47 Å². The van der Waals surface area contributed by atoms with Gasteiger partial charge in [0.05, 0.1) is 26.1 Å². The summed E-state index contributed by atoms with van der Waals surface area (Å²) in [6.07, 6.45) is 0.451. The van der Waals surface area contributed by atoms with E-state index in [1.165, 1.54) is 0 Å². The molecule has 0 heterocycles. The molecule has 4 nitrogen and oxygen atoms in total. The topological polar surface area (TPSA) is 52.6 Å². The smallest absolute Gasteiger partial charge is 0.306 e. The molecule has 0 saturated carbocycles. The number of esters is 2. The quantitative estimate of drug-likeness (QED) is 0.687. The number of carbonyl (C=O) groups excluding carboxylic acids is 2. The first-order chi connectivity index (χ1) is 8.16. The molecule has 0 fully saturated rings. The van der Waals surface area contributed by atoms with Gasteiger partial charge < -0.3 is 9.47 Å². The van der Waals surface area contributed by atoms with Crippen LogP contribution in [-0.2, 0) is 19.1 Å². The van der Waals surface area contributed by atoms with Crippen molar-refractivity contribution in [3.63, 3.8) is 0 Å². The lowest BCUT2D eigenvalue weighted by Crippen LogP contribution is -2.38. The summed E-state index contributed by atoms with van der Waals surface area (Å²) in [5, 5.41) is 0. The molecule has 0 aromatic rings. The fourth-order valence-corrected chi connectivity index (χ4v) is 1.65. The first-order valence-corrected chi connectivity index (χ1v) is 6.47. The molecular weight excluding hydrogens is 232 g/mol. The second-order valence-electron chi connectivity index (χ2n) is 5.77. The van der Waals surface area contributed by atoms with Gasteiger partial charge in [-0.1, -0.05) is 27.7 Å². The maximum absolute atomic E-state index is 11.7. The van der Waals surface area contributed by atoms with Crippen LogP contribution in [-0.4, -0.2) is 25.2 Å². The van der Waals surface area contributed by atoms with Gasteiger partial charge in [0.1, 0.15) is 0 Å². The summed E-state index contributed by atoms with van der Waals surface area (Å²) in [5.74, 6) is -0.529. The highest BCUT2D eigenvalue weighted by Gasteiger charge is 2.41. The van der Waals surface area contributed by atoms with Crippen LogP contribution in [0, 0.1) is 10.8 Å². The highest BCUT2D eigenvalue weighted by atomic mass is 16.5. The molecule has 0 saturated heterocycles. The largest absolute Gasteiger partial charge is 0.466 e. The molecule has 0 aliphatic rings. The van der Waals surface area contributed by atoms with Gasteiger partial charge in [0.25, 0.3) is 0 Å². The Kier molecular flexibility index (Phi) is 6.36. The van der Waals surface area contributed by atoms with Gasteiger partial charge >= 0.3 is 11.9 Å². The Morgan fingerprint density at radius 1 is 0.833 bits per heavy atom. The summed E-state index contributed by atoms with van der Waals surface area (Å²) in [6.45, 7) is 12.3. The van der Waals surface area contributed by atoms with Gasteiger partial charge in [-0.05, 0) is 24.7 Å². The third kappa shape index (κ3) is 5.07. The first-order valence-electron chi connectivity index (χ1n) is 6.47. The molecule has 0 unspecified atom stereocenters. The Balaban J connectivity index is 4.85. The molecule has 0 rings (SSSR count). The van der Waals surface area contributed by atoms with E-state index in [1.54, 1.807) is 13.8 Å². The van der Waals surface area contributed by atoms with Crippen molar-refractivity contribution in [2.45, 2.75) is 54.4 Å². The molecule has 0 aromatic carbocycles. The van der Waals surface area contributed by atoms with Crippen LogP contribution in [0.25, 0.3) is 0 Å².